The highest BCUT2D eigenvalue weighted by atomic mass is 35.5. The van der Waals surface area contributed by atoms with E-state index in [4.69, 9.17) is 11.6 Å². The molecule has 1 aliphatic carbocycles. The van der Waals surface area contributed by atoms with E-state index < -0.39 is 0 Å². The summed E-state index contributed by atoms with van der Waals surface area (Å²) in [5, 5.41) is 3.10. The van der Waals surface area contributed by atoms with Crippen LogP contribution in [0, 0.1) is 5.92 Å². The highest BCUT2D eigenvalue weighted by molar-refractivity contribution is 6.17. The van der Waals surface area contributed by atoms with Crippen LogP contribution in [-0.4, -0.2) is 17.3 Å². The zero-order valence-corrected chi connectivity index (χ0v) is 9.86. The van der Waals surface area contributed by atoms with E-state index in [9.17, 15) is 4.79 Å². The van der Waals surface area contributed by atoms with Crippen molar-refractivity contribution in [2.75, 3.05) is 5.88 Å². The molecule has 0 spiro atoms. The zero-order valence-electron chi connectivity index (χ0n) is 9.11. The van der Waals surface area contributed by atoms with Gasteiger partial charge < -0.3 is 5.32 Å². The maximum atomic E-state index is 11.5. The summed E-state index contributed by atoms with van der Waals surface area (Å²) in [6.07, 6.45) is 4.96. The molecule has 2 nitrogen and oxygen atoms in total. The quantitative estimate of drug-likeness (QED) is 0.538. The number of amides is 1. The van der Waals surface area contributed by atoms with Gasteiger partial charge >= 0.3 is 0 Å². The van der Waals surface area contributed by atoms with Gasteiger partial charge in [0, 0.05) is 17.8 Å². The molecule has 14 heavy (non-hydrogen) atoms. The Hall–Kier alpha value is -0.240. The van der Waals surface area contributed by atoms with Crippen LogP contribution in [0.5, 0.6) is 0 Å². The van der Waals surface area contributed by atoms with Crippen molar-refractivity contribution in [1.29, 1.82) is 0 Å². The monoisotopic (exact) mass is 217 g/mol. The van der Waals surface area contributed by atoms with Gasteiger partial charge in [-0.15, -0.1) is 11.6 Å². The maximum Gasteiger partial charge on any atom is 0.220 e. The second-order valence-electron chi connectivity index (χ2n) is 4.69. The Labute approximate surface area is 91.4 Å². The third-order valence-corrected chi connectivity index (χ3v) is 3.11. The summed E-state index contributed by atoms with van der Waals surface area (Å²) in [7, 11) is 0. The van der Waals surface area contributed by atoms with E-state index in [0.717, 1.165) is 12.8 Å². The lowest BCUT2D eigenvalue weighted by Gasteiger charge is -2.26. The molecule has 0 aromatic rings. The molecule has 0 aliphatic heterocycles. The van der Waals surface area contributed by atoms with E-state index >= 15 is 0 Å². The van der Waals surface area contributed by atoms with Gasteiger partial charge in [0.1, 0.15) is 0 Å². The van der Waals surface area contributed by atoms with Crippen molar-refractivity contribution in [1.82, 2.24) is 5.32 Å². The molecule has 1 amide bonds. The molecule has 0 aromatic carbocycles. The number of unbranched alkanes of at least 4 members (excludes halogenated alkanes) is 1. The molecule has 0 atom stereocenters. The summed E-state index contributed by atoms with van der Waals surface area (Å²) < 4.78 is 0. The molecular weight excluding hydrogens is 198 g/mol. The van der Waals surface area contributed by atoms with Crippen LogP contribution in [0.1, 0.15) is 46.0 Å². The number of halogens is 1. The SMILES string of the molecule is CC(C)(NC(=O)CCCCCl)C1CC1. The predicted molar refractivity (Wildman–Crippen MR) is 59.5 cm³/mol. The van der Waals surface area contributed by atoms with Crippen LogP contribution in [0.25, 0.3) is 0 Å². The summed E-state index contributed by atoms with van der Waals surface area (Å²) >= 11 is 5.55. The Kier molecular flexibility index (Phi) is 4.24. The van der Waals surface area contributed by atoms with Crippen LogP contribution in [0.4, 0.5) is 0 Å². The van der Waals surface area contributed by atoms with Gasteiger partial charge in [-0.3, -0.25) is 4.79 Å². The third-order valence-electron chi connectivity index (χ3n) is 2.85. The second kappa shape index (κ2) is 5.01. The van der Waals surface area contributed by atoms with Crippen molar-refractivity contribution >= 4 is 17.5 Å². The highest BCUT2D eigenvalue weighted by Crippen LogP contribution is 2.39. The Bertz CT molecular complexity index is 199. The standard InChI is InChI=1S/C11H20ClNO/c1-11(2,9-6-7-9)13-10(14)5-3-4-8-12/h9H,3-8H2,1-2H3,(H,13,14). The Morgan fingerprint density at radius 1 is 1.43 bits per heavy atom. The molecule has 1 fully saturated rings. The van der Waals surface area contributed by atoms with Gasteiger partial charge in [0.2, 0.25) is 5.91 Å². The predicted octanol–water partition coefficient (Wildman–Crippen LogP) is 2.70. The number of alkyl halides is 1. The van der Waals surface area contributed by atoms with Crippen LogP contribution in [0.2, 0.25) is 0 Å². The fraction of sp³-hybridized carbons (Fsp3) is 0.909. The van der Waals surface area contributed by atoms with Crippen molar-refractivity contribution < 1.29 is 4.79 Å². The molecule has 82 valence electrons. The van der Waals surface area contributed by atoms with E-state index in [1.807, 2.05) is 0 Å². The average molecular weight is 218 g/mol. The first-order valence-corrected chi connectivity index (χ1v) is 5.96. The molecule has 0 radical (unpaired) electrons. The van der Waals surface area contributed by atoms with Crippen molar-refractivity contribution in [2.45, 2.75) is 51.5 Å². The minimum atomic E-state index is -0.00194. The Balaban J connectivity index is 2.18. The summed E-state index contributed by atoms with van der Waals surface area (Å²) in [5.74, 6) is 1.52. The number of carbonyl (C=O) groups is 1. The molecule has 3 heteroatoms. The molecule has 0 saturated heterocycles. The van der Waals surface area contributed by atoms with Crippen LogP contribution in [0.15, 0.2) is 0 Å². The normalized spacial score (nSPS) is 16.8. The van der Waals surface area contributed by atoms with Crippen LogP contribution in [0.3, 0.4) is 0 Å². The van der Waals surface area contributed by atoms with Crippen LogP contribution < -0.4 is 5.32 Å². The molecular formula is C11H20ClNO. The lowest BCUT2D eigenvalue weighted by Crippen LogP contribution is -2.45. The average Bonchev–Trinajstić information content (AvgIpc) is 2.85. The Morgan fingerprint density at radius 2 is 2.07 bits per heavy atom. The van der Waals surface area contributed by atoms with E-state index in [1.54, 1.807) is 0 Å². The number of hydrogen-bond donors (Lipinski definition) is 1. The smallest absolute Gasteiger partial charge is 0.220 e. The zero-order chi connectivity index (χ0) is 10.6. The van der Waals surface area contributed by atoms with Crippen LogP contribution >= 0.6 is 11.6 Å². The summed E-state index contributed by atoms with van der Waals surface area (Å²) in [6, 6.07) is 0. The minimum Gasteiger partial charge on any atom is -0.351 e. The van der Waals surface area contributed by atoms with Gasteiger partial charge in [-0.1, -0.05) is 0 Å². The fourth-order valence-electron chi connectivity index (χ4n) is 1.71. The van der Waals surface area contributed by atoms with E-state index in [2.05, 4.69) is 19.2 Å². The molecule has 1 rings (SSSR count). The van der Waals surface area contributed by atoms with Gasteiger partial charge in [-0.05, 0) is 45.4 Å². The summed E-state index contributed by atoms with van der Waals surface area (Å²) in [5.41, 5.74) is -0.00194. The van der Waals surface area contributed by atoms with E-state index in [-0.39, 0.29) is 11.4 Å². The Morgan fingerprint density at radius 3 is 2.57 bits per heavy atom. The molecule has 1 saturated carbocycles. The molecule has 0 aromatic heterocycles. The highest BCUT2D eigenvalue weighted by Gasteiger charge is 2.38. The first-order chi connectivity index (χ1) is 6.56. The van der Waals surface area contributed by atoms with Gasteiger partial charge in [0.05, 0.1) is 0 Å². The largest absolute Gasteiger partial charge is 0.351 e. The first-order valence-electron chi connectivity index (χ1n) is 5.43. The minimum absolute atomic E-state index is 0.00194. The second-order valence-corrected chi connectivity index (χ2v) is 5.07. The maximum absolute atomic E-state index is 11.5. The topological polar surface area (TPSA) is 29.1 Å². The van der Waals surface area contributed by atoms with E-state index in [1.165, 1.54) is 12.8 Å². The first kappa shape index (κ1) is 11.8. The van der Waals surface area contributed by atoms with Gasteiger partial charge in [-0.25, -0.2) is 0 Å². The number of rotatable bonds is 6. The van der Waals surface area contributed by atoms with Gasteiger partial charge in [0.15, 0.2) is 0 Å². The lowest BCUT2D eigenvalue weighted by atomic mass is 9.98. The van der Waals surface area contributed by atoms with Crippen molar-refractivity contribution in [3.8, 4) is 0 Å². The van der Waals surface area contributed by atoms with Crippen molar-refractivity contribution in [3.05, 3.63) is 0 Å². The van der Waals surface area contributed by atoms with Gasteiger partial charge in [-0.2, -0.15) is 0 Å². The fourth-order valence-corrected chi connectivity index (χ4v) is 1.90. The van der Waals surface area contributed by atoms with Gasteiger partial charge in [0.25, 0.3) is 0 Å². The molecule has 0 bridgehead atoms. The number of hydrogen-bond acceptors (Lipinski definition) is 1. The third kappa shape index (κ3) is 3.87. The van der Waals surface area contributed by atoms with E-state index in [0.29, 0.717) is 18.2 Å². The van der Waals surface area contributed by atoms with Crippen molar-refractivity contribution in [3.63, 3.8) is 0 Å². The summed E-state index contributed by atoms with van der Waals surface area (Å²) in [4.78, 5) is 11.5. The van der Waals surface area contributed by atoms with Crippen molar-refractivity contribution in [2.24, 2.45) is 5.92 Å². The molecule has 1 aliphatic rings. The summed E-state index contributed by atoms with van der Waals surface area (Å²) in [6.45, 7) is 4.23. The van der Waals surface area contributed by atoms with Crippen LogP contribution in [-0.2, 0) is 4.79 Å². The molecule has 1 N–H and O–H groups in total. The molecule has 0 heterocycles. The number of carbonyl (C=O) groups excluding carboxylic acids is 1. The molecule has 0 unspecified atom stereocenters. The number of nitrogens with one attached hydrogen (secondary N) is 1. The lowest BCUT2D eigenvalue weighted by molar-refractivity contribution is -0.123.